The molecule has 1 aromatic rings. The van der Waals surface area contributed by atoms with Crippen LogP contribution in [0, 0.1) is 5.92 Å². The Kier molecular flexibility index (Phi) is 3.56. The summed E-state index contributed by atoms with van der Waals surface area (Å²) in [6.07, 6.45) is 3.81. The number of fused-ring (bicyclic) bond motifs is 2. The van der Waals surface area contributed by atoms with Gasteiger partial charge in [-0.2, -0.15) is 0 Å². The molecule has 3 heteroatoms. The molecule has 1 aliphatic heterocycles. The lowest BCUT2D eigenvalue weighted by Gasteiger charge is -2.33. The van der Waals surface area contributed by atoms with Crippen molar-refractivity contribution in [3.8, 4) is 0 Å². The number of carbonyl (C=O) groups is 1. The Morgan fingerprint density at radius 3 is 2.74 bits per heavy atom. The minimum absolute atomic E-state index is 0.0961. The fraction of sp³-hybridized carbons (Fsp3) is 0.562. The first-order valence-corrected chi connectivity index (χ1v) is 7.27. The number of ether oxygens (including phenoxy) is 1. The SMILES string of the molecule is CCOC(=O)C(c1ccccc1)N1CC2CCC1C2. The Morgan fingerprint density at radius 2 is 2.16 bits per heavy atom. The molecule has 3 atom stereocenters. The summed E-state index contributed by atoms with van der Waals surface area (Å²) < 4.78 is 5.30. The van der Waals surface area contributed by atoms with E-state index in [9.17, 15) is 4.79 Å². The van der Waals surface area contributed by atoms with Crippen molar-refractivity contribution in [3.05, 3.63) is 35.9 Å². The van der Waals surface area contributed by atoms with Crippen LogP contribution in [0.5, 0.6) is 0 Å². The van der Waals surface area contributed by atoms with Crippen molar-refractivity contribution in [2.75, 3.05) is 13.2 Å². The molecule has 0 N–H and O–H groups in total. The van der Waals surface area contributed by atoms with Crippen molar-refractivity contribution in [1.29, 1.82) is 0 Å². The number of piperidine rings is 1. The van der Waals surface area contributed by atoms with Crippen LogP contribution in [0.1, 0.15) is 37.8 Å². The molecular weight excluding hydrogens is 238 g/mol. The van der Waals surface area contributed by atoms with Gasteiger partial charge in [0, 0.05) is 12.6 Å². The fourth-order valence-corrected chi connectivity index (χ4v) is 3.60. The van der Waals surface area contributed by atoms with Gasteiger partial charge in [-0.25, -0.2) is 4.79 Å². The zero-order valence-corrected chi connectivity index (χ0v) is 11.4. The Morgan fingerprint density at radius 1 is 1.37 bits per heavy atom. The molecule has 0 aromatic heterocycles. The average molecular weight is 259 g/mol. The Hall–Kier alpha value is -1.35. The number of nitrogens with zero attached hydrogens (tertiary/aromatic N) is 1. The van der Waals surface area contributed by atoms with Gasteiger partial charge in [0.2, 0.25) is 0 Å². The predicted molar refractivity (Wildman–Crippen MR) is 73.7 cm³/mol. The van der Waals surface area contributed by atoms with Gasteiger partial charge in [0.25, 0.3) is 0 Å². The van der Waals surface area contributed by atoms with Gasteiger partial charge in [-0.15, -0.1) is 0 Å². The maximum atomic E-state index is 12.3. The summed E-state index contributed by atoms with van der Waals surface area (Å²) in [4.78, 5) is 14.7. The molecule has 0 amide bonds. The number of hydrogen-bond donors (Lipinski definition) is 0. The summed E-state index contributed by atoms with van der Waals surface area (Å²) in [6.45, 7) is 3.36. The number of carbonyl (C=O) groups excluding carboxylic acids is 1. The average Bonchev–Trinajstić information content (AvgIpc) is 3.03. The standard InChI is InChI=1S/C16H21NO2/c1-2-19-16(18)15(13-6-4-3-5-7-13)17-11-12-8-9-14(17)10-12/h3-7,12,14-15H,2,8-11H2,1H3. The van der Waals surface area contributed by atoms with E-state index in [-0.39, 0.29) is 12.0 Å². The van der Waals surface area contributed by atoms with E-state index >= 15 is 0 Å². The summed E-state index contributed by atoms with van der Waals surface area (Å²) in [7, 11) is 0. The maximum Gasteiger partial charge on any atom is 0.328 e. The van der Waals surface area contributed by atoms with Gasteiger partial charge in [-0.3, -0.25) is 4.90 Å². The minimum Gasteiger partial charge on any atom is -0.465 e. The summed E-state index contributed by atoms with van der Waals surface area (Å²) >= 11 is 0. The van der Waals surface area contributed by atoms with Crippen LogP contribution >= 0.6 is 0 Å². The van der Waals surface area contributed by atoms with Crippen LogP contribution in [-0.2, 0) is 9.53 Å². The van der Waals surface area contributed by atoms with Crippen molar-refractivity contribution in [1.82, 2.24) is 4.90 Å². The molecule has 0 radical (unpaired) electrons. The first kappa shape index (κ1) is 12.7. The van der Waals surface area contributed by atoms with Crippen LogP contribution in [0.2, 0.25) is 0 Å². The van der Waals surface area contributed by atoms with Crippen LogP contribution < -0.4 is 0 Å². The fourth-order valence-electron chi connectivity index (χ4n) is 3.60. The third kappa shape index (κ3) is 2.39. The third-order valence-electron chi connectivity index (χ3n) is 4.41. The molecule has 0 spiro atoms. The van der Waals surface area contributed by atoms with Crippen LogP contribution in [0.3, 0.4) is 0 Å². The second kappa shape index (κ2) is 5.33. The Balaban J connectivity index is 1.86. The van der Waals surface area contributed by atoms with Gasteiger partial charge in [-0.05, 0) is 37.7 Å². The normalized spacial score (nSPS) is 27.4. The van der Waals surface area contributed by atoms with E-state index in [1.807, 2.05) is 37.3 Å². The highest BCUT2D eigenvalue weighted by Gasteiger charge is 2.44. The van der Waals surface area contributed by atoms with E-state index in [1.54, 1.807) is 0 Å². The summed E-state index contributed by atoms with van der Waals surface area (Å²) in [6, 6.07) is 10.4. The van der Waals surface area contributed by atoms with E-state index in [1.165, 1.54) is 19.3 Å². The van der Waals surface area contributed by atoms with Gasteiger partial charge in [0.05, 0.1) is 6.61 Å². The maximum absolute atomic E-state index is 12.3. The molecule has 102 valence electrons. The van der Waals surface area contributed by atoms with E-state index in [0.717, 1.165) is 18.0 Å². The van der Waals surface area contributed by atoms with Gasteiger partial charge < -0.3 is 4.74 Å². The van der Waals surface area contributed by atoms with E-state index in [0.29, 0.717) is 12.6 Å². The highest BCUT2D eigenvalue weighted by atomic mass is 16.5. The predicted octanol–water partition coefficient (Wildman–Crippen LogP) is 2.78. The van der Waals surface area contributed by atoms with Crippen molar-refractivity contribution in [3.63, 3.8) is 0 Å². The molecule has 2 fully saturated rings. The number of hydrogen-bond acceptors (Lipinski definition) is 3. The molecule has 3 nitrogen and oxygen atoms in total. The third-order valence-corrected chi connectivity index (χ3v) is 4.41. The quantitative estimate of drug-likeness (QED) is 0.779. The lowest BCUT2D eigenvalue weighted by molar-refractivity contribution is -0.150. The largest absolute Gasteiger partial charge is 0.465 e. The highest BCUT2D eigenvalue weighted by Crippen LogP contribution is 2.42. The number of esters is 1. The van der Waals surface area contributed by atoms with Crippen molar-refractivity contribution in [2.45, 2.75) is 38.3 Å². The molecule has 1 heterocycles. The van der Waals surface area contributed by atoms with Crippen LogP contribution in [0.25, 0.3) is 0 Å². The monoisotopic (exact) mass is 259 g/mol. The summed E-state index contributed by atoms with van der Waals surface area (Å²) in [5.41, 5.74) is 1.06. The van der Waals surface area contributed by atoms with Crippen LogP contribution in [-0.4, -0.2) is 30.1 Å². The van der Waals surface area contributed by atoms with Crippen LogP contribution in [0.15, 0.2) is 30.3 Å². The molecule has 3 unspecified atom stereocenters. The topological polar surface area (TPSA) is 29.5 Å². The van der Waals surface area contributed by atoms with E-state index in [4.69, 9.17) is 4.74 Å². The number of likely N-dealkylation sites (tertiary alicyclic amines) is 1. The van der Waals surface area contributed by atoms with E-state index in [2.05, 4.69) is 4.90 Å². The van der Waals surface area contributed by atoms with Crippen molar-refractivity contribution >= 4 is 5.97 Å². The smallest absolute Gasteiger partial charge is 0.328 e. The highest BCUT2D eigenvalue weighted by molar-refractivity contribution is 5.77. The lowest BCUT2D eigenvalue weighted by atomic mass is 10.0. The summed E-state index contributed by atoms with van der Waals surface area (Å²) in [5.74, 6) is 0.687. The Labute approximate surface area is 114 Å². The minimum atomic E-state index is -0.212. The molecule has 1 aromatic carbocycles. The number of rotatable bonds is 4. The molecule has 1 saturated carbocycles. The van der Waals surface area contributed by atoms with Crippen molar-refractivity contribution < 1.29 is 9.53 Å². The van der Waals surface area contributed by atoms with E-state index < -0.39 is 0 Å². The zero-order valence-electron chi connectivity index (χ0n) is 11.4. The molecule has 2 bridgehead atoms. The summed E-state index contributed by atoms with van der Waals surface area (Å²) in [5, 5.41) is 0. The second-order valence-corrected chi connectivity index (χ2v) is 5.59. The van der Waals surface area contributed by atoms with Crippen LogP contribution in [0.4, 0.5) is 0 Å². The van der Waals surface area contributed by atoms with Gasteiger partial charge in [0.1, 0.15) is 6.04 Å². The number of benzene rings is 1. The van der Waals surface area contributed by atoms with Gasteiger partial charge in [0.15, 0.2) is 0 Å². The molecule has 3 rings (SSSR count). The van der Waals surface area contributed by atoms with Gasteiger partial charge >= 0.3 is 5.97 Å². The Bertz CT molecular complexity index is 445. The zero-order chi connectivity index (χ0) is 13.2. The first-order chi connectivity index (χ1) is 9.29. The molecule has 1 aliphatic carbocycles. The molecule has 1 saturated heterocycles. The van der Waals surface area contributed by atoms with Crippen molar-refractivity contribution in [2.24, 2.45) is 5.92 Å². The van der Waals surface area contributed by atoms with Gasteiger partial charge in [-0.1, -0.05) is 30.3 Å². The molecule has 2 aliphatic rings. The lowest BCUT2D eigenvalue weighted by Crippen LogP contribution is -2.40. The first-order valence-electron chi connectivity index (χ1n) is 7.27. The molecular formula is C16H21NO2. The second-order valence-electron chi connectivity index (χ2n) is 5.59. The molecule has 19 heavy (non-hydrogen) atoms.